The van der Waals surface area contributed by atoms with E-state index in [0.717, 1.165) is 5.52 Å². The Morgan fingerprint density at radius 3 is 2.37 bits per heavy atom. The van der Waals surface area contributed by atoms with Crippen molar-refractivity contribution in [2.75, 3.05) is 0 Å². The lowest BCUT2D eigenvalue weighted by Crippen LogP contribution is -2.05. The van der Waals surface area contributed by atoms with Crippen LogP contribution in [0.3, 0.4) is 0 Å². The smallest absolute Gasteiger partial charge is 0.0964 e. The van der Waals surface area contributed by atoms with Crippen molar-refractivity contribution in [2.45, 2.75) is 26.8 Å². The Bertz CT molecular complexity index is 708. The molecule has 96 valence electrons. The van der Waals surface area contributed by atoms with E-state index in [-0.39, 0.29) is 0 Å². The lowest BCUT2D eigenvalue weighted by Gasteiger charge is -2.15. The first-order valence-corrected chi connectivity index (χ1v) is 6.65. The van der Waals surface area contributed by atoms with Crippen LogP contribution in [0.2, 0.25) is 0 Å². The van der Waals surface area contributed by atoms with Crippen LogP contribution < -0.4 is 0 Å². The quantitative estimate of drug-likeness (QED) is 0.664. The van der Waals surface area contributed by atoms with Crippen LogP contribution in [0.1, 0.15) is 29.7 Å². The van der Waals surface area contributed by atoms with E-state index in [2.05, 4.69) is 72.8 Å². The Balaban J connectivity index is 2.06. The molecular formula is C17H18N2. The van der Waals surface area contributed by atoms with E-state index in [9.17, 15) is 0 Å². The number of rotatable bonds is 2. The third kappa shape index (κ3) is 2.14. The molecule has 0 saturated carbocycles. The van der Waals surface area contributed by atoms with E-state index < -0.39 is 0 Å². The topological polar surface area (TPSA) is 17.8 Å². The number of nitrogens with zero attached hydrogens (tertiary/aromatic N) is 2. The average Bonchev–Trinajstić information content (AvgIpc) is 2.81. The molecule has 0 saturated heterocycles. The molecule has 0 aliphatic rings. The number of fused-ring (bicyclic) bond motifs is 1. The molecule has 2 heteroatoms. The molecule has 2 nitrogen and oxygen atoms in total. The van der Waals surface area contributed by atoms with E-state index in [1.807, 2.05) is 6.33 Å². The van der Waals surface area contributed by atoms with E-state index in [0.29, 0.717) is 6.04 Å². The SMILES string of the molecule is Cc1ccc(C(C)n2cnc3cc(C)ccc32)cc1. The highest BCUT2D eigenvalue weighted by Gasteiger charge is 2.11. The molecule has 2 aromatic carbocycles. The standard InChI is InChI=1S/C17H18N2/c1-12-4-7-15(8-5-12)14(3)19-11-18-16-10-13(2)6-9-17(16)19/h4-11,14H,1-3H3. The molecule has 1 heterocycles. The number of hydrogen-bond acceptors (Lipinski definition) is 1. The molecule has 19 heavy (non-hydrogen) atoms. The van der Waals surface area contributed by atoms with Crippen LogP contribution in [0.25, 0.3) is 11.0 Å². The summed E-state index contributed by atoms with van der Waals surface area (Å²) in [5, 5.41) is 0. The van der Waals surface area contributed by atoms with Crippen LogP contribution >= 0.6 is 0 Å². The van der Waals surface area contributed by atoms with Gasteiger partial charge in [0, 0.05) is 0 Å². The largest absolute Gasteiger partial charge is 0.323 e. The summed E-state index contributed by atoms with van der Waals surface area (Å²) in [4.78, 5) is 4.51. The molecule has 0 N–H and O–H groups in total. The van der Waals surface area contributed by atoms with Gasteiger partial charge in [-0.3, -0.25) is 0 Å². The van der Waals surface area contributed by atoms with Crippen molar-refractivity contribution in [1.82, 2.24) is 9.55 Å². The first-order valence-electron chi connectivity index (χ1n) is 6.65. The van der Waals surface area contributed by atoms with Gasteiger partial charge in [-0.25, -0.2) is 4.98 Å². The molecule has 0 aliphatic carbocycles. The fraction of sp³-hybridized carbons (Fsp3) is 0.235. The minimum atomic E-state index is 0.299. The second-order valence-electron chi connectivity index (χ2n) is 5.23. The Hall–Kier alpha value is -2.09. The zero-order valence-corrected chi connectivity index (χ0v) is 11.6. The van der Waals surface area contributed by atoms with Crippen LogP contribution in [0.5, 0.6) is 0 Å². The van der Waals surface area contributed by atoms with Crippen LogP contribution in [0, 0.1) is 13.8 Å². The maximum atomic E-state index is 4.51. The van der Waals surface area contributed by atoms with Gasteiger partial charge in [-0.1, -0.05) is 35.9 Å². The minimum absolute atomic E-state index is 0.299. The third-order valence-electron chi connectivity index (χ3n) is 3.71. The normalized spacial score (nSPS) is 12.8. The summed E-state index contributed by atoms with van der Waals surface area (Å²) in [6, 6.07) is 15.4. The van der Waals surface area contributed by atoms with Gasteiger partial charge < -0.3 is 4.57 Å². The number of benzene rings is 2. The Labute approximate surface area is 113 Å². The highest BCUT2D eigenvalue weighted by molar-refractivity contribution is 5.76. The summed E-state index contributed by atoms with van der Waals surface area (Å²) in [7, 11) is 0. The average molecular weight is 250 g/mol. The predicted octanol–water partition coefficient (Wildman–Crippen LogP) is 4.26. The second-order valence-corrected chi connectivity index (χ2v) is 5.23. The first-order chi connectivity index (χ1) is 9.15. The van der Waals surface area contributed by atoms with E-state index in [1.165, 1.54) is 22.2 Å². The number of aromatic nitrogens is 2. The molecule has 0 fully saturated rings. The number of imidazole rings is 1. The van der Waals surface area contributed by atoms with Gasteiger partial charge in [0.1, 0.15) is 0 Å². The molecule has 1 atom stereocenters. The van der Waals surface area contributed by atoms with Crippen LogP contribution in [-0.2, 0) is 0 Å². The van der Waals surface area contributed by atoms with Crippen molar-refractivity contribution in [3.05, 3.63) is 65.5 Å². The Morgan fingerprint density at radius 1 is 0.947 bits per heavy atom. The number of hydrogen-bond donors (Lipinski definition) is 0. The van der Waals surface area contributed by atoms with Gasteiger partial charge in [0.2, 0.25) is 0 Å². The van der Waals surface area contributed by atoms with Gasteiger partial charge >= 0.3 is 0 Å². The van der Waals surface area contributed by atoms with Gasteiger partial charge in [-0.2, -0.15) is 0 Å². The van der Waals surface area contributed by atoms with Crippen molar-refractivity contribution in [3.63, 3.8) is 0 Å². The molecule has 3 aromatic rings. The summed E-state index contributed by atoms with van der Waals surface area (Å²) < 4.78 is 2.24. The van der Waals surface area contributed by atoms with Crippen molar-refractivity contribution in [3.8, 4) is 0 Å². The van der Waals surface area contributed by atoms with Crippen molar-refractivity contribution in [1.29, 1.82) is 0 Å². The molecule has 3 rings (SSSR count). The lowest BCUT2D eigenvalue weighted by molar-refractivity contribution is 0.657. The molecule has 0 spiro atoms. The summed E-state index contributed by atoms with van der Waals surface area (Å²) in [6.07, 6.45) is 1.94. The van der Waals surface area contributed by atoms with Crippen LogP contribution in [-0.4, -0.2) is 9.55 Å². The molecule has 1 unspecified atom stereocenters. The van der Waals surface area contributed by atoms with Gasteiger partial charge in [-0.15, -0.1) is 0 Å². The summed E-state index contributed by atoms with van der Waals surface area (Å²) in [5.74, 6) is 0. The monoisotopic (exact) mass is 250 g/mol. The Morgan fingerprint density at radius 2 is 1.63 bits per heavy atom. The van der Waals surface area contributed by atoms with Crippen molar-refractivity contribution in [2.24, 2.45) is 0 Å². The zero-order valence-electron chi connectivity index (χ0n) is 11.6. The molecular weight excluding hydrogens is 232 g/mol. The zero-order chi connectivity index (χ0) is 13.4. The summed E-state index contributed by atoms with van der Waals surface area (Å²) in [5.41, 5.74) is 6.12. The summed E-state index contributed by atoms with van der Waals surface area (Å²) in [6.45, 7) is 6.43. The Kier molecular flexibility index (Phi) is 2.86. The highest BCUT2D eigenvalue weighted by Crippen LogP contribution is 2.24. The van der Waals surface area contributed by atoms with E-state index >= 15 is 0 Å². The predicted molar refractivity (Wildman–Crippen MR) is 79.5 cm³/mol. The molecule has 0 radical (unpaired) electrons. The molecule has 0 bridgehead atoms. The van der Waals surface area contributed by atoms with Crippen molar-refractivity contribution < 1.29 is 0 Å². The van der Waals surface area contributed by atoms with Crippen molar-refractivity contribution >= 4 is 11.0 Å². The minimum Gasteiger partial charge on any atom is -0.323 e. The van der Waals surface area contributed by atoms with E-state index in [1.54, 1.807) is 0 Å². The first kappa shape index (κ1) is 12.0. The third-order valence-corrected chi connectivity index (χ3v) is 3.71. The molecule has 0 amide bonds. The van der Waals surface area contributed by atoms with Gasteiger partial charge in [0.25, 0.3) is 0 Å². The van der Waals surface area contributed by atoms with Crippen LogP contribution in [0.15, 0.2) is 48.8 Å². The van der Waals surface area contributed by atoms with Crippen LogP contribution in [0.4, 0.5) is 0 Å². The fourth-order valence-electron chi connectivity index (χ4n) is 2.46. The second kappa shape index (κ2) is 4.54. The number of aryl methyl sites for hydroxylation is 2. The summed E-state index contributed by atoms with van der Waals surface area (Å²) >= 11 is 0. The molecule has 0 aliphatic heterocycles. The van der Waals surface area contributed by atoms with Gasteiger partial charge in [0.05, 0.1) is 23.4 Å². The lowest BCUT2D eigenvalue weighted by atomic mass is 10.1. The maximum absolute atomic E-state index is 4.51. The maximum Gasteiger partial charge on any atom is 0.0964 e. The highest BCUT2D eigenvalue weighted by atomic mass is 15.1. The fourth-order valence-corrected chi connectivity index (χ4v) is 2.46. The van der Waals surface area contributed by atoms with E-state index in [4.69, 9.17) is 0 Å². The molecule has 1 aromatic heterocycles. The van der Waals surface area contributed by atoms with Gasteiger partial charge in [0.15, 0.2) is 0 Å². The van der Waals surface area contributed by atoms with Gasteiger partial charge in [-0.05, 0) is 44.0 Å².